The average Bonchev–Trinajstić information content (AvgIpc) is 2.18. The first-order valence-corrected chi connectivity index (χ1v) is 4.81. The molecular weight excluding hydrogens is 160 g/mol. The monoisotopic (exact) mass is 176 g/mol. The van der Waals surface area contributed by atoms with Gasteiger partial charge in [0.25, 0.3) is 0 Å². The number of rotatable bonds is 1. The molecule has 0 bridgehead atoms. The van der Waals surface area contributed by atoms with Crippen molar-refractivity contribution < 1.29 is 0 Å². The molecule has 0 amide bonds. The van der Waals surface area contributed by atoms with E-state index in [9.17, 15) is 0 Å². The van der Waals surface area contributed by atoms with Crippen LogP contribution in [0, 0.1) is 0 Å². The molecule has 70 valence electrons. The second kappa shape index (κ2) is 3.48. The van der Waals surface area contributed by atoms with Crippen LogP contribution in [0.3, 0.4) is 0 Å². The minimum atomic E-state index is 0.421. The largest absolute Gasteiger partial charge is 0.329 e. The zero-order valence-corrected chi connectivity index (χ0v) is 8.03. The maximum absolute atomic E-state index is 5.77. The van der Waals surface area contributed by atoms with E-state index >= 15 is 0 Å². The van der Waals surface area contributed by atoms with Gasteiger partial charge in [0, 0.05) is 19.1 Å². The van der Waals surface area contributed by atoms with E-state index in [1.54, 1.807) is 0 Å². The highest BCUT2D eigenvalue weighted by atomic mass is 15.1. The van der Waals surface area contributed by atoms with E-state index in [0.717, 1.165) is 13.0 Å². The van der Waals surface area contributed by atoms with Crippen LogP contribution in [0.5, 0.6) is 0 Å². The Morgan fingerprint density at radius 2 is 2.23 bits per heavy atom. The molecule has 1 aromatic rings. The highest BCUT2D eigenvalue weighted by molar-refractivity contribution is 5.32. The summed E-state index contributed by atoms with van der Waals surface area (Å²) in [5.74, 6) is 0. The van der Waals surface area contributed by atoms with E-state index in [0.29, 0.717) is 12.6 Å². The molecule has 1 aromatic carbocycles. The van der Waals surface area contributed by atoms with Gasteiger partial charge in [0.1, 0.15) is 0 Å². The third-order valence-corrected chi connectivity index (χ3v) is 2.90. The van der Waals surface area contributed by atoms with Crippen LogP contribution >= 0.6 is 0 Å². The summed E-state index contributed by atoms with van der Waals surface area (Å²) in [6, 6.07) is 9.04. The van der Waals surface area contributed by atoms with E-state index in [-0.39, 0.29) is 0 Å². The number of benzene rings is 1. The van der Waals surface area contributed by atoms with Gasteiger partial charge < -0.3 is 5.73 Å². The fraction of sp³-hybridized carbons (Fsp3) is 0.455. The standard InChI is InChI=1S/C11H16N2/c1-13-7-6-9-4-2-3-5-10(9)11(13)8-12/h2-5,11H,6-8,12H2,1H3/t11-/m1/s1. The lowest BCUT2D eigenvalue weighted by atomic mass is 9.93. The summed E-state index contributed by atoms with van der Waals surface area (Å²) in [6.07, 6.45) is 1.16. The number of nitrogens with zero attached hydrogens (tertiary/aromatic N) is 1. The van der Waals surface area contributed by atoms with Crippen molar-refractivity contribution in [1.29, 1.82) is 0 Å². The molecule has 0 aliphatic carbocycles. The summed E-state index contributed by atoms with van der Waals surface area (Å²) in [5.41, 5.74) is 8.65. The fourth-order valence-corrected chi connectivity index (χ4v) is 2.08. The zero-order valence-electron chi connectivity index (χ0n) is 8.03. The summed E-state index contributed by atoms with van der Waals surface area (Å²) in [5, 5.41) is 0. The second-order valence-electron chi connectivity index (χ2n) is 3.68. The molecule has 13 heavy (non-hydrogen) atoms. The van der Waals surface area contributed by atoms with Crippen molar-refractivity contribution in [3.63, 3.8) is 0 Å². The van der Waals surface area contributed by atoms with Crippen molar-refractivity contribution in [3.05, 3.63) is 35.4 Å². The highest BCUT2D eigenvalue weighted by Crippen LogP contribution is 2.26. The number of likely N-dealkylation sites (N-methyl/N-ethyl adjacent to an activating group) is 1. The van der Waals surface area contributed by atoms with Crippen LogP contribution in [0.2, 0.25) is 0 Å². The Balaban J connectivity index is 2.39. The smallest absolute Gasteiger partial charge is 0.0470 e. The van der Waals surface area contributed by atoms with Gasteiger partial charge in [-0.2, -0.15) is 0 Å². The normalized spacial score (nSPS) is 22.8. The Hall–Kier alpha value is -0.860. The van der Waals surface area contributed by atoms with Gasteiger partial charge in [-0.3, -0.25) is 4.90 Å². The van der Waals surface area contributed by atoms with Gasteiger partial charge >= 0.3 is 0 Å². The van der Waals surface area contributed by atoms with Crippen LogP contribution in [-0.4, -0.2) is 25.0 Å². The molecule has 1 heterocycles. The summed E-state index contributed by atoms with van der Waals surface area (Å²) < 4.78 is 0. The van der Waals surface area contributed by atoms with Crippen molar-refractivity contribution in [2.75, 3.05) is 20.1 Å². The van der Waals surface area contributed by atoms with Crippen molar-refractivity contribution in [1.82, 2.24) is 4.90 Å². The Bertz CT molecular complexity index is 296. The van der Waals surface area contributed by atoms with E-state index in [1.807, 2.05) is 0 Å². The van der Waals surface area contributed by atoms with E-state index < -0.39 is 0 Å². The minimum absolute atomic E-state index is 0.421. The Kier molecular flexibility index (Phi) is 2.34. The molecule has 2 rings (SSSR count). The van der Waals surface area contributed by atoms with E-state index in [2.05, 4.69) is 36.2 Å². The summed E-state index contributed by atoms with van der Waals surface area (Å²) in [6.45, 7) is 1.84. The Morgan fingerprint density at radius 3 is 3.00 bits per heavy atom. The number of nitrogens with two attached hydrogens (primary N) is 1. The molecule has 0 unspecified atom stereocenters. The van der Waals surface area contributed by atoms with Crippen molar-refractivity contribution in [3.8, 4) is 0 Å². The van der Waals surface area contributed by atoms with Gasteiger partial charge in [0.05, 0.1) is 0 Å². The number of hydrogen-bond acceptors (Lipinski definition) is 2. The molecule has 1 aliphatic heterocycles. The molecular formula is C11H16N2. The van der Waals surface area contributed by atoms with Crippen LogP contribution in [-0.2, 0) is 6.42 Å². The highest BCUT2D eigenvalue weighted by Gasteiger charge is 2.22. The molecule has 1 aliphatic rings. The average molecular weight is 176 g/mol. The third kappa shape index (κ3) is 1.47. The van der Waals surface area contributed by atoms with Crippen LogP contribution < -0.4 is 5.73 Å². The van der Waals surface area contributed by atoms with Crippen molar-refractivity contribution in [2.24, 2.45) is 5.73 Å². The second-order valence-corrected chi connectivity index (χ2v) is 3.68. The molecule has 0 spiro atoms. The summed E-state index contributed by atoms with van der Waals surface area (Å²) >= 11 is 0. The number of hydrogen-bond donors (Lipinski definition) is 1. The van der Waals surface area contributed by atoms with E-state index in [4.69, 9.17) is 5.73 Å². The number of fused-ring (bicyclic) bond motifs is 1. The first-order valence-electron chi connectivity index (χ1n) is 4.81. The van der Waals surface area contributed by atoms with Crippen LogP contribution in [0.15, 0.2) is 24.3 Å². The minimum Gasteiger partial charge on any atom is -0.329 e. The molecule has 0 saturated heterocycles. The topological polar surface area (TPSA) is 29.3 Å². The first-order chi connectivity index (χ1) is 6.33. The summed E-state index contributed by atoms with van der Waals surface area (Å²) in [4.78, 5) is 2.34. The molecule has 0 saturated carbocycles. The van der Waals surface area contributed by atoms with E-state index in [1.165, 1.54) is 11.1 Å². The Morgan fingerprint density at radius 1 is 1.46 bits per heavy atom. The van der Waals surface area contributed by atoms with Crippen LogP contribution in [0.1, 0.15) is 17.2 Å². The van der Waals surface area contributed by atoms with Gasteiger partial charge in [-0.25, -0.2) is 0 Å². The lowest BCUT2D eigenvalue weighted by Gasteiger charge is -2.33. The maximum atomic E-state index is 5.77. The molecule has 2 N–H and O–H groups in total. The van der Waals surface area contributed by atoms with Gasteiger partial charge in [0.2, 0.25) is 0 Å². The molecule has 0 radical (unpaired) electrons. The summed E-state index contributed by atoms with van der Waals surface area (Å²) in [7, 11) is 2.15. The molecule has 2 heteroatoms. The lowest BCUT2D eigenvalue weighted by molar-refractivity contribution is 0.236. The third-order valence-electron chi connectivity index (χ3n) is 2.90. The van der Waals surface area contributed by atoms with Gasteiger partial charge in [-0.05, 0) is 24.6 Å². The first kappa shape index (κ1) is 8.73. The van der Waals surface area contributed by atoms with Gasteiger partial charge in [0.15, 0.2) is 0 Å². The molecule has 1 atom stereocenters. The molecule has 0 aromatic heterocycles. The predicted molar refractivity (Wildman–Crippen MR) is 54.6 cm³/mol. The van der Waals surface area contributed by atoms with Crippen molar-refractivity contribution >= 4 is 0 Å². The quantitative estimate of drug-likeness (QED) is 0.696. The van der Waals surface area contributed by atoms with Gasteiger partial charge in [-0.1, -0.05) is 24.3 Å². The van der Waals surface area contributed by atoms with Crippen LogP contribution in [0.25, 0.3) is 0 Å². The lowest BCUT2D eigenvalue weighted by Crippen LogP contribution is -2.36. The maximum Gasteiger partial charge on any atom is 0.0470 e. The van der Waals surface area contributed by atoms with Crippen LogP contribution in [0.4, 0.5) is 0 Å². The Labute approximate surface area is 79.4 Å². The fourth-order valence-electron chi connectivity index (χ4n) is 2.08. The molecule has 2 nitrogen and oxygen atoms in total. The SMILES string of the molecule is CN1CCc2ccccc2[C@H]1CN. The predicted octanol–water partition coefficient (Wildman–Crippen LogP) is 1.17. The molecule has 0 fully saturated rings. The zero-order chi connectivity index (χ0) is 9.26. The van der Waals surface area contributed by atoms with Gasteiger partial charge in [-0.15, -0.1) is 0 Å². The van der Waals surface area contributed by atoms with Crippen molar-refractivity contribution in [2.45, 2.75) is 12.5 Å².